The molecule has 2 aliphatic carbocycles. The van der Waals surface area contributed by atoms with Crippen LogP contribution >= 0.6 is 0 Å². The number of carbonyl (C=O) groups is 1. The molecule has 3 N–H and O–H groups in total. The lowest BCUT2D eigenvalue weighted by Crippen LogP contribution is -2.34. The summed E-state index contributed by atoms with van der Waals surface area (Å²) in [5.74, 6) is 0.589. The maximum atomic E-state index is 13.6. The molecule has 3 aliphatic rings. The number of para-hydroxylation sites is 1. The minimum Gasteiger partial charge on any atom is -0.356 e. The fourth-order valence-corrected chi connectivity index (χ4v) is 4.49. The van der Waals surface area contributed by atoms with Gasteiger partial charge in [0.2, 0.25) is 5.95 Å². The van der Waals surface area contributed by atoms with Crippen LogP contribution in [0.1, 0.15) is 68.5 Å². The summed E-state index contributed by atoms with van der Waals surface area (Å²) < 4.78 is 1.87. The molecular weight excluding hydrogens is 378 g/mol. The number of anilines is 1. The number of hydrogen-bond acceptors (Lipinski definition) is 4. The van der Waals surface area contributed by atoms with Gasteiger partial charge in [0.15, 0.2) is 0 Å². The predicted octanol–water partition coefficient (Wildman–Crippen LogP) is 3.67. The molecule has 1 amide bonds. The van der Waals surface area contributed by atoms with Crippen LogP contribution in [0.15, 0.2) is 29.1 Å². The van der Waals surface area contributed by atoms with Crippen molar-refractivity contribution in [3.05, 3.63) is 45.9 Å². The third kappa shape index (κ3) is 2.47. The Morgan fingerprint density at radius 2 is 1.90 bits per heavy atom. The van der Waals surface area contributed by atoms with Crippen LogP contribution in [-0.4, -0.2) is 26.0 Å². The number of benzene rings is 1. The highest BCUT2D eigenvalue weighted by Gasteiger charge is 2.45. The molecule has 0 unspecified atom stereocenters. The number of nitrogens with one attached hydrogen (secondary N) is 3. The second-order valence-electron chi connectivity index (χ2n) is 9.67. The van der Waals surface area contributed by atoms with Crippen LogP contribution < -0.4 is 16.2 Å². The lowest BCUT2D eigenvalue weighted by Gasteiger charge is -2.23. The molecule has 3 aromatic rings. The van der Waals surface area contributed by atoms with Gasteiger partial charge in [0.1, 0.15) is 0 Å². The Hall–Kier alpha value is -3.09. The van der Waals surface area contributed by atoms with E-state index in [4.69, 9.17) is 4.98 Å². The number of rotatable bonds is 4. The summed E-state index contributed by atoms with van der Waals surface area (Å²) in [6.45, 7) is 6.25. The molecule has 0 spiro atoms. The summed E-state index contributed by atoms with van der Waals surface area (Å²) in [4.78, 5) is 34.2. The summed E-state index contributed by atoms with van der Waals surface area (Å²) in [6.07, 6.45) is 4.13. The van der Waals surface area contributed by atoms with Gasteiger partial charge < -0.3 is 15.6 Å². The molecule has 0 bridgehead atoms. The molecule has 1 aromatic carbocycles. The van der Waals surface area contributed by atoms with Gasteiger partial charge in [-0.15, -0.1) is 0 Å². The molecule has 6 rings (SSSR count). The van der Waals surface area contributed by atoms with E-state index < -0.39 is 0 Å². The standard InChI is InChI=1S/C23H25N5O2/c1-12-17-15(19(29)24-12)11-16(25-17)13-5-4-6-14-18(13)26-21(27-22(2)7-8-22)28(20(14)30)23(3)9-10-23/h4-6,11-12,25H,7-10H2,1-3H3,(H,24,29)(H,26,27)/t12-/m1/s1. The van der Waals surface area contributed by atoms with Gasteiger partial charge in [-0.2, -0.15) is 0 Å². The maximum Gasteiger partial charge on any atom is 0.263 e. The molecule has 0 saturated heterocycles. The second kappa shape index (κ2) is 5.53. The predicted molar refractivity (Wildman–Crippen MR) is 116 cm³/mol. The van der Waals surface area contributed by atoms with E-state index in [-0.39, 0.29) is 28.6 Å². The molecule has 7 nitrogen and oxygen atoms in total. The molecular formula is C23H25N5O2. The Morgan fingerprint density at radius 3 is 2.57 bits per heavy atom. The first kappa shape index (κ1) is 17.7. The number of aromatic amines is 1. The third-order valence-corrected chi connectivity index (χ3v) is 6.99. The Bertz CT molecular complexity index is 1290. The maximum absolute atomic E-state index is 13.6. The topological polar surface area (TPSA) is 91.8 Å². The second-order valence-corrected chi connectivity index (χ2v) is 9.67. The van der Waals surface area contributed by atoms with Crippen LogP contribution in [0.25, 0.3) is 22.2 Å². The lowest BCUT2D eigenvalue weighted by molar-refractivity contribution is 0.0958. The van der Waals surface area contributed by atoms with E-state index in [0.29, 0.717) is 22.4 Å². The SMILES string of the molecule is C[C@H]1NC(=O)c2cc(-c3cccc4c(=O)n(C5(C)CC5)c(NC5(C)CC5)nc34)[nH]c21. The highest BCUT2D eigenvalue weighted by molar-refractivity contribution is 6.01. The van der Waals surface area contributed by atoms with Crippen LogP contribution in [0, 0.1) is 0 Å². The van der Waals surface area contributed by atoms with Crippen molar-refractivity contribution in [1.82, 2.24) is 19.9 Å². The Morgan fingerprint density at radius 1 is 1.13 bits per heavy atom. The lowest BCUT2D eigenvalue weighted by atomic mass is 10.1. The first-order valence-corrected chi connectivity index (χ1v) is 10.7. The molecule has 154 valence electrons. The number of hydrogen-bond donors (Lipinski definition) is 3. The quantitative estimate of drug-likeness (QED) is 0.620. The van der Waals surface area contributed by atoms with Crippen molar-refractivity contribution in [2.24, 2.45) is 0 Å². The van der Waals surface area contributed by atoms with Gasteiger partial charge in [-0.05, 0) is 58.6 Å². The van der Waals surface area contributed by atoms with Crippen LogP contribution in [0.3, 0.4) is 0 Å². The zero-order chi connectivity index (χ0) is 20.8. The molecule has 0 radical (unpaired) electrons. The highest BCUT2D eigenvalue weighted by atomic mass is 16.2. The van der Waals surface area contributed by atoms with Gasteiger partial charge in [0.25, 0.3) is 11.5 Å². The van der Waals surface area contributed by atoms with E-state index in [0.717, 1.165) is 42.6 Å². The van der Waals surface area contributed by atoms with Crippen molar-refractivity contribution in [3.63, 3.8) is 0 Å². The van der Waals surface area contributed by atoms with Gasteiger partial charge in [-0.3, -0.25) is 14.2 Å². The number of H-pyrrole nitrogens is 1. The number of amides is 1. The van der Waals surface area contributed by atoms with Gasteiger partial charge in [-0.1, -0.05) is 12.1 Å². The molecule has 2 aromatic heterocycles. The molecule has 30 heavy (non-hydrogen) atoms. The largest absolute Gasteiger partial charge is 0.356 e. The summed E-state index contributed by atoms with van der Waals surface area (Å²) >= 11 is 0. The van der Waals surface area contributed by atoms with Crippen molar-refractivity contribution < 1.29 is 4.79 Å². The molecule has 7 heteroatoms. The van der Waals surface area contributed by atoms with Crippen LogP contribution in [0.5, 0.6) is 0 Å². The van der Waals surface area contributed by atoms with Crippen LogP contribution in [0.4, 0.5) is 5.95 Å². The molecule has 3 heterocycles. The number of nitrogens with zero attached hydrogens (tertiary/aromatic N) is 2. The van der Waals surface area contributed by atoms with E-state index in [1.165, 1.54) is 0 Å². The summed E-state index contributed by atoms with van der Waals surface area (Å²) in [5.41, 5.74) is 3.72. The normalized spacial score (nSPS) is 22.6. The van der Waals surface area contributed by atoms with Crippen molar-refractivity contribution in [1.29, 1.82) is 0 Å². The summed E-state index contributed by atoms with van der Waals surface area (Å²) in [6, 6.07) is 7.52. The average molecular weight is 403 g/mol. The van der Waals surface area contributed by atoms with Crippen molar-refractivity contribution in [3.8, 4) is 11.3 Å². The number of aromatic nitrogens is 3. The van der Waals surface area contributed by atoms with Gasteiger partial charge in [0, 0.05) is 22.3 Å². The van der Waals surface area contributed by atoms with Gasteiger partial charge in [-0.25, -0.2) is 4.98 Å². The van der Waals surface area contributed by atoms with E-state index in [2.05, 4.69) is 29.5 Å². The Kier molecular flexibility index (Phi) is 3.27. The molecule has 1 aliphatic heterocycles. The monoisotopic (exact) mass is 403 g/mol. The van der Waals surface area contributed by atoms with Crippen molar-refractivity contribution >= 4 is 22.8 Å². The summed E-state index contributed by atoms with van der Waals surface area (Å²) in [7, 11) is 0. The fourth-order valence-electron chi connectivity index (χ4n) is 4.49. The highest BCUT2D eigenvalue weighted by Crippen LogP contribution is 2.46. The Labute approximate surface area is 173 Å². The van der Waals surface area contributed by atoms with Crippen LogP contribution in [-0.2, 0) is 5.54 Å². The molecule has 2 saturated carbocycles. The van der Waals surface area contributed by atoms with E-state index >= 15 is 0 Å². The number of fused-ring (bicyclic) bond motifs is 2. The molecule has 1 atom stereocenters. The first-order chi connectivity index (χ1) is 14.3. The number of carbonyl (C=O) groups excluding carboxylic acids is 1. The third-order valence-electron chi connectivity index (χ3n) is 6.99. The van der Waals surface area contributed by atoms with Crippen LogP contribution in [0.2, 0.25) is 0 Å². The Balaban J connectivity index is 1.58. The van der Waals surface area contributed by atoms with Gasteiger partial charge >= 0.3 is 0 Å². The first-order valence-electron chi connectivity index (χ1n) is 10.7. The minimum absolute atomic E-state index is 0.00110. The zero-order valence-corrected chi connectivity index (χ0v) is 17.4. The van der Waals surface area contributed by atoms with Crippen molar-refractivity contribution in [2.45, 2.75) is 63.6 Å². The average Bonchev–Trinajstić information content (AvgIpc) is 3.53. The van der Waals surface area contributed by atoms with E-state index in [1.807, 2.05) is 35.8 Å². The zero-order valence-electron chi connectivity index (χ0n) is 17.4. The fraction of sp³-hybridized carbons (Fsp3) is 0.435. The van der Waals surface area contributed by atoms with Gasteiger partial charge in [0.05, 0.1) is 28.2 Å². The smallest absolute Gasteiger partial charge is 0.263 e. The van der Waals surface area contributed by atoms with E-state index in [1.54, 1.807) is 0 Å². The minimum atomic E-state index is -0.164. The van der Waals surface area contributed by atoms with Crippen molar-refractivity contribution in [2.75, 3.05) is 5.32 Å². The summed E-state index contributed by atoms with van der Waals surface area (Å²) in [5, 5.41) is 7.07. The molecule has 2 fully saturated rings. The van der Waals surface area contributed by atoms with E-state index in [9.17, 15) is 9.59 Å².